The Kier molecular flexibility index (Phi) is 7.35. The van der Waals surface area contributed by atoms with Gasteiger partial charge in [-0.1, -0.05) is 13.8 Å². The molecule has 144 valence electrons. The highest BCUT2D eigenvalue weighted by Gasteiger charge is 2.35. The predicted octanol–water partition coefficient (Wildman–Crippen LogP) is 0.514. The number of nitrogens with zero attached hydrogens (tertiary/aromatic N) is 2. The van der Waals surface area contributed by atoms with Crippen LogP contribution < -0.4 is 10.6 Å². The molecule has 3 N–H and O–H groups in total. The van der Waals surface area contributed by atoms with E-state index in [4.69, 9.17) is 4.74 Å². The van der Waals surface area contributed by atoms with Gasteiger partial charge in [-0.3, -0.25) is 9.78 Å². The molecule has 1 saturated heterocycles. The second-order valence-electron chi connectivity index (χ2n) is 7.00. The van der Waals surface area contributed by atoms with E-state index in [1.54, 1.807) is 31.6 Å². The Labute approximate surface area is 153 Å². The standard InChI is InChI=1S/C18H28N4O4/c1-12(2)8-14(17(24)22(3)15-9-20-10-16(15)23)21-18(25)26-11-13-4-6-19-7-5-13/h4-7,12,14-16,20,23H,8-11H2,1-3H3,(H,21,25)/t14-,15?,16?/m0/s1. The molecule has 1 aliphatic rings. The van der Waals surface area contributed by atoms with Crippen LogP contribution in [0, 0.1) is 5.92 Å². The maximum Gasteiger partial charge on any atom is 0.408 e. The number of hydrogen-bond acceptors (Lipinski definition) is 6. The quantitative estimate of drug-likeness (QED) is 0.651. The van der Waals surface area contributed by atoms with Gasteiger partial charge in [-0.15, -0.1) is 0 Å². The zero-order valence-electron chi connectivity index (χ0n) is 15.5. The molecule has 0 aromatic carbocycles. The first-order valence-electron chi connectivity index (χ1n) is 8.86. The average molecular weight is 364 g/mol. The van der Waals surface area contributed by atoms with Crippen molar-refractivity contribution in [3.8, 4) is 0 Å². The molecule has 1 aromatic heterocycles. The average Bonchev–Trinajstić information content (AvgIpc) is 3.04. The van der Waals surface area contributed by atoms with Gasteiger partial charge in [-0.2, -0.15) is 0 Å². The van der Waals surface area contributed by atoms with Crippen LogP contribution in [0.2, 0.25) is 0 Å². The summed E-state index contributed by atoms with van der Waals surface area (Å²) in [5.41, 5.74) is 0.819. The molecular formula is C18H28N4O4. The van der Waals surface area contributed by atoms with E-state index >= 15 is 0 Å². The highest BCUT2D eigenvalue weighted by atomic mass is 16.5. The van der Waals surface area contributed by atoms with Crippen molar-refractivity contribution in [2.24, 2.45) is 5.92 Å². The third-order valence-corrected chi connectivity index (χ3v) is 4.41. The molecule has 2 unspecified atom stereocenters. The topological polar surface area (TPSA) is 104 Å². The molecule has 2 heterocycles. The number of hydrogen-bond donors (Lipinski definition) is 3. The Bertz CT molecular complexity index is 596. The highest BCUT2D eigenvalue weighted by Crippen LogP contribution is 2.13. The molecule has 26 heavy (non-hydrogen) atoms. The smallest absolute Gasteiger partial charge is 0.408 e. The molecule has 0 saturated carbocycles. The number of amides is 2. The number of aliphatic hydroxyl groups excluding tert-OH is 1. The van der Waals surface area contributed by atoms with E-state index in [0.29, 0.717) is 19.5 Å². The Hall–Kier alpha value is -2.19. The molecule has 1 aromatic rings. The first kappa shape index (κ1) is 20.1. The Morgan fingerprint density at radius 2 is 2.08 bits per heavy atom. The monoisotopic (exact) mass is 364 g/mol. The molecule has 2 rings (SSSR count). The molecule has 0 spiro atoms. The van der Waals surface area contributed by atoms with Crippen LogP contribution in [0.4, 0.5) is 4.79 Å². The number of alkyl carbamates (subject to hydrolysis) is 1. The van der Waals surface area contributed by atoms with Crippen molar-refractivity contribution in [2.45, 2.75) is 45.1 Å². The van der Waals surface area contributed by atoms with Gasteiger partial charge in [0.1, 0.15) is 12.6 Å². The first-order chi connectivity index (χ1) is 12.4. The van der Waals surface area contributed by atoms with E-state index in [2.05, 4.69) is 15.6 Å². The first-order valence-corrected chi connectivity index (χ1v) is 8.86. The number of pyridine rings is 1. The SMILES string of the molecule is CC(C)C[C@H](NC(=O)OCc1ccncc1)C(=O)N(C)C1CNCC1O. The zero-order valence-corrected chi connectivity index (χ0v) is 15.5. The minimum atomic E-state index is -0.697. The number of ether oxygens (including phenoxy) is 1. The Morgan fingerprint density at radius 3 is 2.65 bits per heavy atom. The largest absolute Gasteiger partial charge is 0.445 e. The van der Waals surface area contributed by atoms with Gasteiger partial charge in [0.2, 0.25) is 5.91 Å². The maximum absolute atomic E-state index is 12.8. The maximum atomic E-state index is 12.8. The van der Waals surface area contributed by atoms with Gasteiger partial charge in [-0.25, -0.2) is 4.79 Å². The van der Waals surface area contributed by atoms with E-state index in [0.717, 1.165) is 5.56 Å². The van der Waals surface area contributed by atoms with Crippen LogP contribution in [0.5, 0.6) is 0 Å². The van der Waals surface area contributed by atoms with Crippen molar-refractivity contribution in [3.63, 3.8) is 0 Å². The molecule has 0 aliphatic carbocycles. The zero-order chi connectivity index (χ0) is 19.1. The molecule has 8 heteroatoms. The second-order valence-corrected chi connectivity index (χ2v) is 7.00. The van der Waals surface area contributed by atoms with Crippen molar-refractivity contribution < 1.29 is 19.4 Å². The van der Waals surface area contributed by atoms with Gasteiger partial charge >= 0.3 is 6.09 Å². The fourth-order valence-electron chi connectivity index (χ4n) is 2.96. The number of aliphatic hydroxyl groups is 1. The number of β-amino-alcohol motifs (C(OH)–C–C–N with tert-alkyl or cyclic N) is 1. The summed E-state index contributed by atoms with van der Waals surface area (Å²) in [6.45, 7) is 5.06. The van der Waals surface area contributed by atoms with Gasteiger partial charge in [0.15, 0.2) is 0 Å². The van der Waals surface area contributed by atoms with Gasteiger partial charge in [0.05, 0.1) is 12.1 Å². The number of rotatable bonds is 7. The number of aromatic nitrogens is 1. The van der Waals surface area contributed by atoms with Gasteiger partial charge in [-0.05, 0) is 30.0 Å². The van der Waals surface area contributed by atoms with Gasteiger partial charge in [0.25, 0.3) is 0 Å². The second kappa shape index (κ2) is 9.49. The van der Waals surface area contributed by atoms with Crippen LogP contribution in [0.3, 0.4) is 0 Å². The van der Waals surface area contributed by atoms with E-state index in [1.807, 2.05) is 13.8 Å². The van der Waals surface area contributed by atoms with Crippen LogP contribution >= 0.6 is 0 Å². The lowest BCUT2D eigenvalue weighted by Crippen LogP contribution is -2.53. The molecule has 1 fully saturated rings. The van der Waals surface area contributed by atoms with Gasteiger partial charge < -0.3 is 25.4 Å². The summed E-state index contributed by atoms with van der Waals surface area (Å²) < 4.78 is 5.21. The molecule has 3 atom stereocenters. The minimum absolute atomic E-state index is 0.109. The molecule has 0 bridgehead atoms. The van der Waals surface area contributed by atoms with E-state index < -0.39 is 18.2 Å². The lowest BCUT2D eigenvalue weighted by Gasteiger charge is -2.31. The summed E-state index contributed by atoms with van der Waals surface area (Å²) >= 11 is 0. The fraction of sp³-hybridized carbons (Fsp3) is 0.611. The number of carbonyl (C=O) groups excluding carboxylic acids is 2. The van der Waals surface area contributed by atoms with Crippen molar-refractivity contribution in [1.82, 2.24) is 20.5 Å². The molecular weight excluding hydrogens is 336 g/mol. The van der Waals surface area contributed by atoms with Gasteiger partial charge in [0, 0.05) is 32.5 Å². The lowest BCUT2D eigenvalue weighted by atomic mass is 10.0. The van der Waals surface area contributed by atoms with Crippen LogP contribution in [0.1, 0.15) is 25.8 Å². The van der Waals surface area contributed by atoms with E-state index in [9.17, 15) is 14.7 Å². The summed E-state index contributed by atoms with van der Waals surface area (Å²) in [5, 5.41) is 15.7. The Balaban J connectivity index is 1.94. The summed E-state index contributed by atoms with van der Waals surface area (Å²) in [7, 11) is 1.65. The lowest BCUT2D eigenvalue weighted by molar-refractivity contribution is -0.135. The van der Waals surface area contributed by atoms with Crippen LogP contribution in [-0.2, 0) is 16.1 Å². The normalized spacial score (nSPS) is 20.7. The molecule has 8 nitrogen and oxygen atoms in total. The highest BCUT2D eigenvalue weighted by molar-refractivity contribution is 5.85. The molecule has 0 radical (unpaired) electrons. The molecule has 1 aliphatic heterocycles. The third-order valence-electron chi connectivity index (χ3n) is 4.41. The van der Waals surface area contributed by atoms with Crippen molar-refractivity contribution in [1.29, 1.82) is 0 Å². The van der Waals surface area contributed by atoms with Crippen molar-refractivity contribution >= 4 is 12.0 Å². The number of likely N-dealkylation sites (N-methyl/N-ethyl adjacent to an activating group) is 1. The Morgan fingerprint density at radius 1 is 1.38 bits per heavy atom. The number of nitrogens with one attached hydrogen (secondary N) is 2. The fourth-order valence-corrected chi connectivity index (χ4v) is 2.96. The van der Waals surface area contributed by atoms with E-state index in [1.165, 1.54) is 4.90 Å². The van der Waals surface area contributed by atoms with Crippen LogP contribution in [-0.4, -0.2) is 65.3 Å². The van der Waals surface area contributed by atoms with Crippen molar-refractivity contribution in [2.75, 3.05) is 20.1 Å². The summed E-state index contributed by atoms with van der Waals surface area (Å²) in [5.74, 6) is -0.0169. The summed E-state index contributed by atoms with van der Waals surface area (Å²) in [6.07, 6.45) is 2.49. The summed E-state index contributed by atoms with van der Waals surface area (Å²) in [4.78, 5) is 30.4. The van der Waals surface area contributed by atoms with Crippen LogP contribution in [0.15, 0.2) is 24.5 Å². The van der Waals surface area contributed by atoms with E-state index in [-0.39, 0.29) is 24.5 Å². The third kappa shape index (κ3) is 5.67. The van der Waals surface area contributed by atoms with Crippen LogP contribution in [0.25, 0.3) is 0 Å². The summed E-state index contributed by atoms with van der Waals surface area (Å²) in [6, 6.07) is 2.52. The minimum Gasteiger partial charge on any atom is -0.445 e. The predicted molar refractivity (Wildman–Crippen MR) is 96.2 cm³/mol. The number of carbonyl (C=O) groups is 2. The molecule has 2 amide bonds. The van der Waals surface area contributed by atoms with Crippen molar-refractivity contribution in [3.05, 3.63) is 30.1 Å².